The molecule has 3 aliphatic rings. The highest BCUT2D eigenvalue weighted by Crippen LogP contribution is 2.41. The van der Waals surface area contributed by atoms with Crippen LogP contribution in [0, 0.1) is 0 Å². The van der Waals surface area contributed by atoms with Gasteiger partial charge in [0.05, 0.1) is 12.2 Å². The lowest BCUT2D eigenvalue weighted by Crippen LogP contribution is -2.54. The molecule has 2 saturated heterocycles. The summed E-state index contributed by atoms with van der Waals surface area (Å²) in [6, 6.07) is 5.90. The molecule has 2 amide bonds. The molecule has 0 saturated carbocycles. The maximum absolute atomic E-state index is 12.2. The topological polar surface area (TPSA) is 70.7 Å². The summed E-state index contributed by atoms with van der Waals surface area (Å²) in [6.07, 6.45) is 2.08. The average molecular weight is 315 g/mol. The van der Waals surface area contributed by atoms with Crippen molar-refractivity contribution in [3.05, 3.63) is 23.8 Å². The number of hydrogen-bond donors (Lipinski definition) is 2. The zero-order valence-corrected chi connectivity index (χ0v) is 13.0. The van der Waals surface area contributed by atoms with Crippen molar-refractivity contribution in [3.63, 3.8) is 0 Å². The Hall–Kier alpha value is -2.08. The minimum atomic E-state index is -0.285. The molecule has 3 aliphatic heterocycles. The van der Waals surface area contributed by atoms with Gasteiger partial charge < -0.3 is 15.0 Å². The van der Waals surface area contributed by atoms with Gasteiger partial charge in [-0.1, -0.05) is 12.1 Å². The molecule has 2 fully saturated rings. The molecule has 1 unspecified atom stereocenters. The van der Waals surface area contributed by atoms with Crippen LogP contribution in [-0.4, -0.2) is 44.1 Å². The van der Waals surface area contributed by atoms with Crippen LogP contribution in [0.3, 0.4) is 0 Å². The molecule has 23 heavy (non-hydrogen) atoms. The Kier molecular flexibility index (Phi) is 3.69. The highest BCUT2D eigenvalue weighted by molar-refractivity contribution is 6.01. The van der Waals surface area contributed by atoms with Crippen molar-refractivity contribution in [2.24, 2.45) is 0 Å². The molecule has 0 spiro atoms. The maximum atomic E-state index is 12.2. The van der Waals surface area contributed by atoms with E-state index in [9.17, 15) is 9.59 Å². The van der Waals surface area contributed by atoms with E-state index >= 15 is 0 Å². The van der Waals surface area contributed by atoms with Gasteiger partial charge in [-0.05, 0) is 25.5 Å². The van der Waals surface area contributed by atoms with Crippen molar-refractivity contribution in [1.82, 2.24) is 10.6 Å². The largest absolute Gasteiger partial charge is 0.489 e. The third kappa shape index (κ3) is 2.57. The van der Waals surface area contributed by atoms with Gasteiger partial charge in [-0.3, -0.25) is 14.9 Å². The first-order chi connectivity index (χ1) is 11.2. The van der Waals surface area contributed by atoms with Crippen molar-refractivity contribution in [3.8, 4) is 5.75 Å². The van der Waals surface area contributed by atoms with Gasteiger partial charge in [-0.15, -0.1) is 0 Å². The number of nitrogens with one attached hydrogen (secondary N) is 2. The molecule has 2 N–H and O–H groups in total. The number of fused-ring (bicyclic) bond motifs is 1. The molecular weight excluding hydrogens is 294 g/mol. The predicted molar refractivity (Wildman–Crippen MR) is 85.7 cm³/mol. The Morgan fingerprint density at radius 2 is 2.13 bits per heavy atom. The third-order valence-electron chi connectivity index (χ3n) is 5.00. The number of carbonyl (C=O) groups is 2. The zero-order chi connectivity index (χ0) is 15.8. The molecule has 0 aliphatic carbocycles. The number of imide groups is 1. The highest BCUT2D eigenvalue weighted by Gasteiger charge is 2.35. The van der Waals surface area contributed by atoms with Crippen LogP contribution in [0.25, 0.3) is 0 Å². The van der Waals surface area contributed by atoms with Gasteiger partial charge in [0.2, 0.25) is 11.8 Å². The molecule has 6 heteroatoms. The first-order valence-electron chi connectivity index (χ1n) is 8.31. The number of rotatable bonds is 2. The monoisotopic (exact) mass is 315 g/mol. The number of benzene rings is 1. The van der Waals surface area contributed by atoms with Gasteiger partial charge in [-0.2, -0.15) is 0 Å². The number of ether oxygens (including phenoxy) is 1. The normalized spacial score (nSPS) is 27.4. The number of anilines is 1. The highest BCUT2D eigenvalue weighted by atomic mass is 16.5. The Morgan fingerprint density at radius 3 is 2.91 bits per heavy atom. The van der Waals surface area contributed by atoms with Crippen molar-refractivity contribution in [2.75, 3.05) is 31.1 Å². The van der Waals surface area contributed by atoms with Gasteiger partial charge in [0.25, 0.3) is 0 Å². The lowest BCUT2D eigenvalue weighted by atomic mass is 9.95. The van der Waals surface area contributed by atoms with E-state index in [2.05, 4.69) is 21.6 Å². The smallest absolute Gasteiger partial charge is 0.249 e. The number of hydrogen-bond acceptors (Lipinski definition) is 5. The number of nitrogens with zero attached hydrogens (tertiary/aromatic N) is 1. The van der Waals surface area contributed by atoms with E-state index in [-0.39, 0.29) is 17.9 Å². The molecule has 6 nitrogen and oxygen atoms in total. The Labute approximate surface area is 135 Å². The summed E-state index contributed by atoms with van der Waals surface area (Å²) < 4.78 is 5.98. The second kappa shape index (κ2) is 5.85. The van der Waals surface area contributed by atoms with Gasteiger partial charge in [-0.25, -0.2) is 0 Å². The van der Waals surface area contributed by atoms with E-state index in [0.717, 1.165) is 30.9 Å². The summed E-state index contributed by atoms with van der Waals surface area (Å²) in [4.78, 5) is 25.7. The standard InChI is InChI=1S/C17H21N3O3/c21-15-5-4-14(17(22)19-15)20-8-9-23-16-12(2-1-3-13(16)20)11-6-7-18-10-11/h1-3,11,14,18H,4-10H2,(H,19,21,22)/t11-,14?/m0/s1. The first-order valence-corrected chi connectivity index (χ1v) is 8.31. The number of amides is 2. The van der Waals surface area contributed by atoms with Crippen LogP contribution in [0.1, 0.15) is 30.7 Å². The summed E-state index contributed by atoms with van der Waals surface area (Å²) in [5.41, 5.74) is 2.21. The molecule has 0 radical (unpaired) electrons. The number of para-hydroxylation sites is 1. The van der Waals surface area contributed by atoms with Crippen LogP contribution in [0.15, 0.2) is 18.2 Å². The Morgan fingerprint density at radius 1 is 1.22 bits per heavy atom. The summed E-state index contributed by atoms with van der Waals surface area (Å²) in [6.45, 7) is 3.25. The van der Waals surface area contributed by atoms with Crippen LogP contribution >= 0.6 is 0 Å². The lowest BCUT2D eigenvalue weighted by molar-refractivity contribution is -0.134. The molecule has 4 rings (SSSR count). The van der Waals surface area contributed by atoms with Crippen LogP contribution < -0.4 is 20.3 Å². The van der Waals surface area contributed by atoms with E-state index in [1.165, 1.54) is 5.56 Å². The maximum Gasteiger partial charge on any atom is 0.249 e. The quantitative estimate of drug-likeness (QED) is 0.789. The molecule has 2 atom stereocenters. The Bertz CT molecular complexity index is 640. The minimum absolute atomic E-state index is 0.175. The molecule has 1 aromatic rings. The molecular formula is C17H21N3O3. The summed E-state index contributed by atoms with van der Waals surface area (Å²) in [7, 11) is 0. The molecule has 0 bridgehead atoms. The van der Waals surface area contributed by atoms with Crippen LogP contribution in [0.2, 0.25) is 0 Å². The number of carbonyl (C=O) groups excluding carboxylic acids is 2. The second-order valence-corrected chi connectivity index (χ2v) is 6.39. The summed E-state index contributed by atoms with van der Waals surface area (Å²) in [5.74, 6) is 1.01. The molecule has 1 aromatic carbocycles. The summed E-state index contributed by atoms with van der Waals surface area (Å²) >= 11 is 0. The van der Waals surface area contributed by atoms with E-state index in [4.69, 9.17) is 4.74 Å². The molecule has 122 valence electrons. The first kappa shape index (κ1) is 14.5. The zero-order valence-electron chi connectivity index (χ0n) is 13.0. The third-order valence-corrected chi connectivity index (χ3v) is 5.00. The lowest BCUT2D eigenvalue weighted by Gasteiger charge is -2.39. The van der Waals surface area contributed by atoms with E-state index in [0.29, 0.717) is 31.9 Å². The predicted octanol–water partition coefficient (Wildman–Crippen LogP) is 0.767. The summed E-state index contributed by atoms with van der Waals surface area (Å²) in [5, 5.41) is 5.85. The fourth-order valence-corrected chi connectivity index (χ4v) is 3.84. The van der Waals surface area contributed by atoms with Crippen LogP contribution in [0.4, 0.5) is 5.69 Å². The van der Waals surface area contributed by atoms with Gasteiger partial charge in [0, 0.05) is 24.4 Å². The van der Waals surface area contributed by atoms with Crippen molar-refractivity contribution >= 4 is 17.5 Å². The SMILES string of the molecule is O=C1CCC(N2CCOc3c([C@H]4CCNC4)cccc32)C(=O)N1. The van der Waals surface area contributed by atoms with Gasteiger partial charge in [0.15, 0.2) is 0 Å². The Balaban J connectivity index is 1.67. The van der Waals surface area contributed by atoms with Crippen LogP contribution in [0.5, 0.6) is 5.75 Å². The van der Waals surface area contributed by atoms with E-state index < -0.39 is 0 Å². The van der Waals surface area contributed by atoms with Crippen molar-refractivity contribution in [1.29, 1.82) is 0 Å². The van der Waals surface area contributed by atoms with E-state index in [1.54, 1.807) is 0 Å². The van der Waals surface area contributed by atoms with Crippen molar-refractivity contribution in [2.45, 2.75) is 31.2 Å². The minimum Gasteiger partial charge on any atom is -0.489 e. The second-order valence-electron chi connectivity index (χ2n) is 6.39. The fourth-order valence-electron chi connectivity index (χ4n) is 3.84. The molecule has 3 heterocycles. The molecule has 0 aromatic heterocycles. The average Bonchev–Trinajstić information content (AvgIpc) is 3.08. The van der Waals surface area contributed by atoms with E-state index in [1.807, 2.05) is 12.1 Å². The van der Waals surface area contributed by atoms with Gasteiger partial charge in [0.1, 0.15) is 18.4 Å². The van der Waals surface area contributed by atoms with Gasteiger partial charge >= 0.3 is 0 Å². The fraction of sp³-hybridized carbons (Fsp3) is 0.529. The van der Waals surface area contributed by atoms with Crippen LogP contribution in [-0.2, 0) is 9.59 Å². The van der Waals surface area contributed by atoms with Crippen molar-refractivity contribution < 1.29 is 14.3 Å². The number of piperidine rings is 1.